The summed E-state index contributed by atoms with van der Waals surface area (Å²) in [5, 5.41) is 13.2. The second-order valence-electron chi connectivity index (χ2n) is 3.97. The number of non-ortho nitro benzene ring substituents is 1. The van der Waals surface area contributed by atoms with E-state index in [9.17, 15) is 14.9 Å². The predicted octanol–water partition coefficient (Wildman–Crippen LogP) is 1.12. The van der Waals surface area contributed by atoms with Crippen molar-refractivity contribution >= 4 is 11.6 Å². The fourth-order valence-corrected chi connectivity index (χ4v) is 1.44. The van der Waals surface area contributed by atoms with Gasteiger partial charge >= 0.3 is 0 Å². The molecular weight excluding hydrogens is 252 g/mol. The standard InChI is InChI=1S/C12H16N2O5/c1-9(7-18-2)13-12(15)8-19-11-5-3-4-10(6-11)14(16)17/h3-6,9H,7-8H2,1-2H3,(H,13,15). The number of methoxy groups -OCH3 is 1. The van der Waals surface area contributed by atoms with Crippen molar-refractivity contribution in [1.29, 1.82) is 0 Å². The topological polar surface area (TPSA) is 90.7 Å². The molecule has 0 radical (unpaired) electrons. The number of hydrogen-bond acceptors (Lipinski definition) is 5. The number of benzene rings is 1. The maximum Gasteiger partial charge on any atom is 0.273 e. The molecule has 7 nitrogen and oxygen atoms in total. The van der Waals surface area contributed by atoms with Gasteiger partial charge < -0.3 is 14.8 Å². The number of carbonyl (C=O) groups is 1. The molecule has 0 heterocycles. The van der Waals surface area contributed by atoms with E-state index in [4.69, 9.17) is 9.47 Å². The van der Waals surface area contributed by atoms with Crippen molar-refractivity contribution in [2.45, 2.75) is 13.0 Å². The Labute approximate surface area is 110 Å². The molecule has 1 atom stereocenters. The summed E-state index contributed by atoms with van der Waals surface area (Å²) < 4.78 is 10.1. The van der Waals surface area contributed by atoms with E-state index in [0.29, 0.717) is 6.61 Å². The molecule has 1 N–H and O–H groups in total. The Balaban J connectivity index is 2.46. The Morgan fingerprint density at radius 1 is 1.53 bits per heavy atom. The van der Waals surface area contributed by atoms with Crippen LogP contribution in [-0.2, 0) is 9.53 Å². The Bertz CT molecular complexity index is 450. The number of ether oxygens (including phenoxy) is 2. The first-order valence-corrected chi connectivity index (χ1v) is 5.68. The molecule has 0 saturated heterocycles. The highest BCUT2D eigenvalue weighted by molar-refractivity contribution is 5.77. The molecule has 0 aliphatic heterocycles. The van der Waals surface area contributed by atoms with E-state index in [1.807, 2.05) is 0 Å². The van der Waals surface area contributed by atoms with E-state index in [1.165, 1.54) is 18.2 Å². The highest BCUT2D eigenvalue weighted by atomic mass is 16.6. The Kier molecular flexibility index (Phi) is 5.74. The van der Waals surface area contributed by atoms with Gasteiger partial charge in [-0.05, 0) is 13.0 Å². The van der Waals surface area contributed by atoms with Crippen LogP contribution in [0, 0.1) is 10.1 Å². The van der Waals surface area contributed by atoms with Crippen molar-refractivity contribution in [3.63, 3.8) is 0 Å². The fraction of sp³-hybridized carbons (Fsp3) is 0.417. The van der Waals surface area contributed by atoms with Gasteiger partial charge in [-0.3, -0.25) is 14.9 Å². The van der Waals surface area contributed by atoms with Crippen LogP contribution in [0.2, 0.25) is 0 Å². The highest BCUT2D eigenvalue weighted by Gasteiger charge is 2.10. The Morgan fingerprint density at radius 2 is 2.26 bits per heavy atom. The van der Waals surface area contributed by atoms with E-state index in [1.54, 1.807) is 20.1 Å². The van der Waals surface area contributed by atoms with Crippen molar-refractivity contribution in [2.75, 3.05) is 20.3 Å². The van der Waals surface area contributed by atoms with Gasteiger partial charge in [0.25, 0.3) is 11.6 Å². The largest absolute Gasteiger partial charge is 0.484 e. The second-order valence-corrected chi connectivity index (χ2v) is 3.97. The summed E-state index contributed by atoms with van der Waals surface area (Å²) >= 11 is 0. The van der Waals surface area contributed by atoms with Gasteiger partial charge in [0.05, 0.1) is 17.6 Å². The lowest BCUT2D eigenvalue weighted by Gasteiger charge is -2.13. The van der Waals surface area contributed by atoms with Gasteiger partial charge in [0.15, 0.2) is 6.61 Å². The van der Waals surface area contributed by atoms with Crippen molar-refractivity contribution in [3.05, 3.63) is 34.4 Å². The van der Waals surface area contributed by atoms with Crippen molar-refractivity contribution in [2.24, 2.45) is 0 Å². The van der Waals surface area contributed by atoms with Gasteiger partial charge in [-0.1, -0.05) is 6.07 Å². The molecule has 1 aromatic carbocycles. The van der Waals surface area contributed by atoms with Crippen LogP contribution in [0.5, 0.6) is 5.75 Å². The van der Waals surface area contributed by atoms with Gasteiger partial charge in [-0.15, -0.1) is 0 Å². The summed E-state index contributed by atoms with van der Waals surface area (Å²) in [6.45, 7) is 2.01. The summed E-state index contributed by atoms with van der Waals surface area (Å²) in [5.41, 5.74) is -0.0781. The monoisotopic (exact) mass is 268 g/mol. The van der Waals surface area contributed by atoms with Crippen molar-refractivity contribution < 1.29 is 19.2 Å². The molecule has 19 heavy (non-hydrogen) atoms. The lowest BCUT2D eigenvalue weighted by Crippen LogP contribution is -2.38. The fourth-order valence-electron chi connectivity index (χ4n) is 1.44. The number of nitro groups is 1. The molecule has 1 rings (SSSR count). The van der Waals surface area contributed by atoms with E-state index < -0.39 is 4.92 Å². The minimum atomic E-state index is -0.520. The Hall–Kier alpha value is -2.15. The number of nitrogens with zero attached hydrogens (tertiary/aromatic N) is 1. The molecule has 1 aromatic rings. The first-order valence-electron chi connectivity index (χ1n) is 5.68. The minimum absolute atomic E-state index is 0.0781. The first-order chi connectivity index (χ1) is 9.02. The lowest BCUT2D eigenvalue weighted by atomic mass is 10.3. The SMILES string of the molecule is COCC(C)NC(=O)COc1cccc([N+](=O)[O-])c1. The number of rotatable bonds is 7. The smallest absolute Gasteiger partial charge is 0.273 e. The third-order valence-corrected chi connectivity index (χ3v) is 2.22. The van der Waals surface area contributed by atoms with Crippen molar-refractivity contribution in [3.8, 4) is 5.75 Å². The average Bonchev–Trinajstić information content (AvgIpc) is 2.37. The van der Waals surface area contributed by atoms with Gasteiger partial charge in [0.2, 0.25) is 0 Å². The van der Waals surface area contributed by atoms with Crippen LogP contribution in [0.1, 0.15) is 6.92 Å². The summed E-state index contributed by atoms with van der Waals surface area (Å²) in [6, 6.07) is 5.56. The molecule has 7 heteroatoms. The summed E-state index contributed by atoms with van der Waals surface area (Å²) in [4.78, 5) is 21.5. The normalized spacial score (nSPS) is 11.7. The van der Waals surface area contributed by atoms with E-state index in [-0.39, 0.29) is 30.0 Å². The van der Waals surface area contributed by atoms with Crippen LogP contribution >= 0.6 is 0 Å². The number of hydrogen-bond donors (Lipinski definition) is 1. The van der Waals surface area contributed by atoms with Crippen LogP contribution in [0.15, 0.2) is 24.3 Å². The number of nitro benzene ring substituents is 1. The van der Waals surface area contributed by atoms with E-state index >= 15 is 0 Å². The molecule has 0 spiro atoms. The zero-order valence-electron chi connectivity index (χ0n) is 10.8. The van der Waals surface area contributed by atoms with Crippen LogP contribution in [0.25, 0.3) is 0 Å². The Morgan fingerprint density at radius 3 is 2.89 bits per heavy atom. The maximum absolute atomic E-state index is 11.5. The van der Waals surface area contributed by atoms with Crippen LogP contribution in [-0.4, -0.2) is 37.2 Å². The summed E-state index contributed by atoms with van der Waals surface area (Å²) in [6.07, 6.45) is 0. The molecular formula is C12H16N2O5. The zero-order valence-corrected chi connectivity index (χ0v) is 10.8. The van der Waals surface area contributed by atoms with Crippen LogP contribution in [0.3, 0.4) is 0 Å². The molecule has 104 valence electrons. The molecule has 0 aliphatic carbocycles. The lowest BCUT2D eigenvalue weighted by molar-refractivity contribution is -0.384. The molecule has 1 unspecified atom stereocenters. The number of nitrogens with one attached hydrogen (secondary N) is 1. The second kappa shape index (κ2) is 7.32. The first kappa shape index (κ1) is 14.9. The maximum atomic E-state index is 11.5. The van der Waals surface area contributed by atoms with Crippen LogP contribution < -0.4 is 10.1 Å². The van der Waals surface area contributed by atoms with Gasteiger partial charge in [-0.2, -0.15) is 0 Å². The molecule has 0 saturated carbocycles. The van der Waals surface area contributed by atoms with Gasteiger partial charge in [-0.25, -0.2) is 0 Å². The third-order valence-electron chi connectivity index (χ3n) is 2.22. The van der Waals surface area contributed by atoms with Gasteiger partial charge in [0, 0.05) is 19.2 Å². The van der Waals surface area contributed by atoms with Crippen molar-refractivity contribution in [1.82, 2.24) is 5.32 Å². The number of carbonyl (C=O) groups excluding carboxylic acids is 1. The van der Waals surface area contributed by atoms with E-state index in [0.717, 1.165) is 0 Å². The molecule has 1 amide bonds. The quantitative estimate of drug-likeness (QED) is 0.591. The third kappa shape index (κ3) is 5.35. The van der Waals surface area contributed by atoms with Gasteiger partial charge in [0.1, 0.15) is 5.75 Å². The zero-order chi connectivity index (χ0) is 14.3. The molecule has 0 aromatic heterocycles. The number of amides is 1. The minimum Gasteiger partial charge on any atom is -0.484 e. The highest BCUT2D eigenvalue weighted by Crippen LogP contribution is 2.18. The van der Waals surface area contributed by atoms with Crippen LogP contribution in [0.4, 0.5) is 5.69 Å². The molecule has 0 aliphatic rings. The molecule has 0 bridgehead atoms. The molecule has 0 fully saturated rings. The average molecular weight is 268 g/mol. The van der Waals surface area contributed by atoms with E-state index in [2.05, 4.69) is 5.32 Å². The predicted molar refractivity (Wildman–Crippen MR) is 68.1 cm³/mol. The summed E-state index contributed by atoms with van der Waals surface area (Å²) in [5.74, 6) is -0.0280. The summed E-state index contributed by atoms with van der Waals surface area (Å²) in [7, 11) is 1.54.